The van der Waals surface area contributed by atoms with Gasteiger partial charge in [0.1, 0.15) is 20.9 Å². The lowest BCUT2D eigenvalue weighted by molar-refractivity contribution is -0.384. The second kappa shape index (κ2) is 6.39. The number of carbonyl (C=O) groups is 1. The molecule has 0 unspecified atom stereocenters. The Balaban J connectivity index is 1.92. The van der Waals surface area contributed by atoms with Gasteiger partial charge in [0.25, 0.3) is 11.6 Å². The highest BCUT2D eigenvalue weighted by Crippen LogP contribution is 2.34. The maximum Gasteiger partial charge on any atom is 0.288 e. The highest BCUT2D eigenvalue weighted by atomic mass is 35.5. The van der Waals surface area contributed by atoms with Crippen LogP contribution in [0.15, 0.2) is 39.7 Å². The first-order valence-electron chi connectivity index (χ1n) is 6.62. The van der Waals surface area contributed by atoms with Gasteiger partial charge in [-0.05, 0) is 24.3 Å². The molecule has 0 atom stereocenters. The number of rotatable bonds is 3. The zero-order valence-corrected chi connectivity index (χ0v) is 14.6. The highest BCUT2D eigenvalue weighted by molar-refractivity contribution is 8.26. The summed E-state index contributed by atoms with van der Waals surface area (Å²) >= 11 is 12.1. The number of likely N-dealkylation sites (N-methyl/N-ethyl adjacent to an activating group) is 1. The van der Waals surface area contributed by atoms with Gasteiger partial charge in [0, 0.05) is 24.8 Å². The van der Waals surface area contributed by atoms with Crippen LogP contribution in [0.5, 0.6) is 0 Å². The van der Waals surface area contributed by atoms with Gasteiger partial charge in [-0.2, -0.15) is 0 Å². The molecule has 1 saturated heterocycles. The van der Waals surface area contributed by atoms with Crippen molar-refractivity contribution in [2.45, 2.75) is 0 Å². The van der Waals surface area contributed by atoms with Crippen molar-refractivity contribution in [3.05, 3.63) is 56.1 Å². The number of hydrogen-bond acceptors (Lipinski definition) is 6. The van der Waals surface area contributed by atoms with E-state index >= 15 is 0 Å². The van der Waals surface area contributed by atoms with Crippen LogP contribution >= 0.6 is 35.6 Å². The smallest absolute Gasteiger partial charge is 0.288 e. The van der Waals surface area contributed by atoms with Gasteiger partial charge in [-0.25, -0.2) is 0 Å². The topological polar surface area (TPSA) is 76.6 Å². The summed E-state index contributed by atoms with van der Waals surface area (Å²) in [5, 5.41) is 11.0. The molecule has 0 aliphatic carbocycles. The van der Waals surface area contributed by atoms with Crippen LogP contribution in [0.3, 0.4) is 0 Å². The molecule has 0 radical (unpaired) electrons. The van der Waals surface area contributed by atoms with Crippen molar-refractivity contribution in [1.29, 1.82) is 0 Å². The molecule has 24 heavy (non-hydrogen) atoms. The molecule has 9 heteroatoms. The second-order valence-electron chi connectivity index (χ2n) is 4.87. The molecule has 0 spiro atoms. The van der Waals surface area contributed by atoms with E-state index in [1.165, 1.54) is 28.8 Å². The third-order valence-corrected chi connectivity index (χ3v) is 5.12. The number of thioether (sulfide) groups is 1. The molecule has 1 aromatic carbocycles. The largest absolute Gasteiger partial charge is 0.457 e. The second-order valence-corrected chi connectivity index (χ2v) is 6.95. The van der Waals surface area contributed by atoms with Gasteiger partial charge in [0.15, 0.2) is 0 Å². The Bertz CT molecular complexity index is 907. The number of halogens is 1. The first kappa shape index (κ1) is 16.7. The van der Waals surface area contributed by atoms with Crippen LogP contribution in [-0.2, 0) is 4.79 Å². The van der Waals surface area contributed by atoms with Crippen LogP contribution in [0.4, 0.5) is 5.69 Å². The lowest BCUT2D eigenvalue weighted by atomic mass is 10.1. The number of benzene rings is 1. The molecule has 2 aromatic rings. The fourth-order valence-corrected chi connectivity index (χ4v) is 3.41. The summed E-state index contributed by atoms with van der Waals surface area (Å²) in [6, 6.07) is 7.77. The molecule has 0 N–H and O–H groups in total. The number of thiocarbonyl (C=S) groups is 1. The maximum atomic E-state index is 12.0. The van der Waals surface area contributed by atoms with Crippen molar-refractivity contribution in [3.8, 4) is 11.3 Å². The van der Waals surface area contributed by atoms with Crippen molar-refractivity contribution in [2.75, 3.05) is 7.05 Å². The molecule has 1 fully saturated rings. The van der Waals surface area contributed by atoms with Crippen molar-refractivity contribution < 1.29 is 14.1 Å². The van der Waals surface area contributed by atoms with E-state index in [0.29, 0.717) is 26.3 Å². The van der Waals surface area contributed by atoms with Gasteiger partial charge in [-0.1, -0.05) is 35.6 Å². The van der Waals surface area contributed by atoms with E-state index in [1.54, 1.807) is 31.3 Å². The standard InChI is InChI=1S/C15H9ClN2O4S2/c1-17-14(19)13(24-15(17)23)7-9-3-5-12(22-9)8-2-4-10(16)11(6-8)18(20)21/h2-7H,1H3. The summed E-state index contributed by atoms with van der Waals surface area (Å²) < 4.78 is 6.13. The monoisotopic (exact) mass is 380 g/mol. The Labute approximate surface area is 151 Å². The molecule has 1 aliphatic rings. The lowest BCUT2D eigenvalue weighted by Gasteiger charge is -2.03. The van der Waals surface area contributed by atoms with Crippen LogP contribution < -0.4 is 0 Å². The minimum atomic E-state index is -0.553. The summed E-state index contributed by atoms with van der Waals surface area (Å²) in [4.78, 5) is 24.2. The normalized spacial score (nSPS) is 16.2. The highest BCUT2D eigenvalue weighted by Gasteiger charge is 2.29. The zero-order valence-electron chi connectivity index (χ0n) is 12.2. The Morgan fingerprint density at radius 2 is 2.12 bits per heavy atom. The minimum Gasteiger partial charge on any atom is -0.457 e. The Morgan fingerprint density at radius 1 is 1.38 bits per heavy atom. The fraction of sp³-hybridized carbons (Fsp3) is 0.0667. The van der Waals surface area contributed by atoms with Crippen LogP contribution in [0.2, 0.25) is 5.02 Å². The van der Waals surface area contributed by atoms with E-state index in [-0.39, 0.29) is 16.6 Å². The summed E-state index contributed by atoms with van der Waals surface area (Å²) in [5.74, 6) is 0.703. The number of furan rings is 1. The van der Waals surface area contributed by atoms with Crippen molar-refractivity contribution in [3.63, 3.8) is 0 Å². The van der Waals surface area contributed by atoms with Crippen molar-refractivity contribution >= 4 is 57.6 Å². The van der Waals surface area contributed by atoms with Crippen molar-refractivity contribution in [2.24, 2.45) is 0 Å². The summed E-state index contributed by atoms with van der Waals surface area (Å²) in [6.07, 6.45) is 1.59. The molecular weight excluding hydrogens is 372 g/mol. The lowest BCUT2D eigenvalue weighted by Crippen LogP contribution is -2.22. The number of nitro groups is 1. The molecule has 6 nitrogen and oxygen atoms in total. The van der Waals surface area contributed by atoms with Gasteiger partial charge >= 0.3 is 0 Å². The van der Waals surface area contributed by atoms with E-state index in [9.17, 15) is 14.9 Å². The third kappa shape index (κ3) is 3.08. The summed E-state index contributed by atoms with van der Waals surface area (Å²) in [6.45, 7) is 0. The van der Waals surface area contributed by atoms with Gasteiger partial charge in [0.05, 0.1) is 9.83 Å². The van der Waals surface area contributed by atoms with Gasteiger partial charge in [-0.15, -0.1) is 0 Å². The van der Waals surface area contributed by atoms with Crippen LogP contribution in [0.1, 0.15) is 5.76 Å². The average molecular weight is 381 g/mol. The first-order chi connectivity index (χ1) is 11.4. The van der Waals surface area contributed by atoms with E-state index in [2.05, 4.69) is 0 Å². The van der Waals surface area contributed by atoms with Crippen LogP contribution in [-0.4, -0.2) is 27.1 Å². The molecule has 0 bridgehead atoms. The maximum absolute atomic E-state index is 12.0. The Hall–Kier alpha value is -2.16. The minimum absolute atomic E-state index is 0.0575. The first-order valence-corrected chi connectivity index (χ1v) is 8.23. The molecule has 1 aromatic heterocycles. The molecule has 0 saturated carbocycles. The Kier molecular flexibility index (Phi) is 4.44. The molecular formula is C15H9ClN2O4S2. The number of amides is 1. The van der Waals surface area contributed by atoms with Crippen LogP contribution in [0, 0.1) is 10.1 Å². The molecule has 2 heterocycles. The molecule has 1 amide bonds. The predicted octanol–water partition coefficient (Wildman–Crippen LogP) is 4.34. The van der Waals surface area contributed by atoms with Gasteiger partial charge < -0.3 is 4.42 Å². The zero-order chi connectivity index (χ0) is 17.4. The van der Waals surface area contributed by atoms with E-state index in [0.717, 1.165) is 0 Å². The quantitative estimate of drug-likeness (QED) is 0.341. The van der Waals surface area contributed by atoms with Gasteiger partial charge in [-0.3, -0.25) is 19.8 Å². The van der Waals surface area contributed by atoms with E-state index in [4.69, 9.17) is 28.2 Å². The van der Waals surface area contributed by atoms with E-state index in [1.807, 2.05) is 0 Å². The molecule has 122 valence electrons. The Morgan fingerprint density at radius 3 is 2.75 bits per heavy atom. The van der Waals surface area contributed by atoms with Gasteiger partial charge in [0.2, 0.25) is 0 Å². The average Bonchev–Trinajstić information content (AvgIpc) is 3.09. The third-order valence-electron chi connectivity index (χ3n) is 3.31. The molecule has 3 rings (SSSR count). The van der Waals surface area contributed by atoms with Crippen LogP contribution in [0.25, 0.3) is 17.4 Å². The van der Waals surface area contributed by atoms with E-state index < -0.39 is 4.92 Å². The summed E-state index contributed by atoms with van der Waals surface area (Å²) in [7, 11) is 1.61. The number of hydrogen-bond donors (Lipinski definition) is 0. The fourth-order valence-electron chi connectivity index (χ4n) is 2.07. The number of nitrogens with zero attached hydrogens (tertiary/aromatic N) is 2. The SMILES string of the molecule is CN1C(=O)C(=Cc2ccc(-c3ccc(Cl)c([N+](=O)[O-])c3)o2)SC1=S. The number of nitro benzene ring substituents is 1. The summed E-state index contributed by atoms with van der Waals surface area (Å²) in [5.41, 5.74) is 0.327. The van der Waals surface area contributed by atoms with Crippen molar-refractivity contribution in [1.82, 2.24) is 4.90 Å². The number of carbonyl (C=O) groups excluding carboxylic acids is 1. The molecule has 1 aliphatic heterocycles. The predicted molar refractivity (Wildman–Crippen MR) is 96.7 cm³/mol.